The topological polar surface area (TPSA) is 139 Å². The average Bonchev–Trinajstić information content (AvgIpc) is 3.29. The van der Waals surface area contributed by atoms with Crippen LogP contribution in [0.3, 0.4) is 0 Å². The Morgan fingerprint density at radius 2 is 1.90 bits per heavy atom. The summed E-state index contributed by atoms with van der Waals surface area (Å²) in [6.07, 6.45) is -0.442. The van der Waals surface area contributed by atoms with Gasteiger partial charge in [-0.2, -0.15) is 0 Å². The molecule has 2 aromatic heterocycles. The van der Waals surface area contributed by atoms with Crippen molar-refractivity contribution in [2.24, 2.45) is 0 Å². The molecule has 3 N–H and O–H groups in total. The van der Waals surface area contributed by atoms with Gasteiger partial charge in [0, 0.05) is 5.75 Å². The van der Waals surface area contributed by atoms with Gasteiger partial charge in [-0.3, -0.25) is 4.57 Å². The molecule has 1 aliphatic heterocycles. The van der Waals surface area contributed by atoms with Crippen molar-refractivity contribution in [1.82, 2.24) is 24.2 Å². The normalized spacial score (nSPS) is 24.5. The fourth-order valence-electron chi connectivity index (χ4n) is 3.21. The molecule has 1 aromatic carbocycles. The highest BCUT2D eigenvalue weighted by atomic mass is 32.2. The van der Waals surface area contributed by atoms with Gasteiger partial charge in [0.05, 0.1) is 17.3 Å². The first-order chi connectivity index (χ1) is 14.3. The van der Waals surface area contributed by atoms with Crippen LogP contribution in [0.1, 0.15) is 18.7 Å². The summed E-state index contributed by atoms with van der Waals surface area (Å²) in [5, 5.41) is 20.9. The standard InChI is InChI=1S/C18H21N5O5S2/c1-10-14(24)15(25)18(28-10)23-9-22-13-16(23)20-8-21-17(13)29-7-11-3-5-12(6-4-11)30(26,27)19-2/h3-6,8-10,14-15,18-19,24-25H,7H2,1-2H3/t10-,14-,15-,18-/m1/s1. The number of sulfonamides is 1. The van der Waals surface area contributed by atoms with E-state index in [4.69, 9.17) is 4.74 Å². The van der Waals surface area contributed by atoms with Crippen molar-refractivity contribution in [1.29, 1.82) is 0 Å². The van der Waals surface area contributed by atoms with Crippen LogP contribution in [0.15, 0.2) is 46.8 Å². The third-order valence-corrected chi connectivity index (χ3v) is 7.43. The largest absolute Gasteiger partial charge is 0.388 e. The van der Waals surface area contributed by atoms with Gasteiger partial charge < -0.3 is 14.9 Å². The molecule has 1 saturated heterocycles. The van der Waals surface area contributed by atoms with E-state index in [1.807, 2.05) is 0 Å². The summed E-state index contributed by atoms with van der Waals surface area (Å²) in [5.41, 5.74) is 1.97. The van der Waals surface area contributed by atoms with Crippen molar-refractivity contribution in [3.8, 4) is 0 Å². The van der Waals surface area contributed by atoms with Crippen LogP contribution in [-0.4, -0.2) is 63.5 Å². The minimum atomic E-state index is -3.47. The molecule has 0 bridgehead atoms. The summed E-state index contributed by atoms with van der Waals surface area (Å²) in [6.45, 7) is 1.69. The number of aliphatic hydroxyl groups is 2. The molecular weight excluding hydrogens is 430 g/mol. The number of benzene rings is 1. The fourth-order valence-corrected chi connectivity index (χ4v) is 4.84. The second-order valence-corrected chi connectivity index (χ2v) is 9.71. The van der Waals surface area contributed by atoms with Crippen LogP contribution in [0.25, 0.3) is 11.2 Å². The van der Waals surface area contributed by atoms with E-state index in [2.05, 4.69) is 19.7 Å². The number of nitrogens with zero attached hydrogens (tertiary/aromatic N) is 4. The Morgan fingerprint density at radius 3 is 2.53 bits per heavy atom. The van der Waals surface area contributed by atoms with Crippen molar-refractivity contribution in [2.45, 2.75) is 47.1 Å². The molecule has 160 valence electrons. The fraction of sp³-hybridized carbons (Fsp3) is 0.389. The van der Waals surface area contributed by atoms with Crippen LogP contribution < -0.4 is 4.72 Å². The van der Waals surface area contributed by atoms with Gasteiger partial charge in [-0.1, -0.05) is 23.9 Å². The van der Waals surface area contributed by atoms with Gasteiger partial charge >= 0.3 is 0 Å². The van der Waals surface area contributed by atoms with Gasteiger partial charge in [-0.25, -0.2) is 28.1 Å². The smallest absolute Gasteiger partial charge is 0.240 e. The van der Waals surface area contributed by atoms with Crippen molar-refractivity contribution in [2.75, 3.05) is 7.05 Å². The maximum absolute atomic E-state index is 11.8. The van der Waals surface area contributed by atoms with Gasteiger partial charge in [0.15, 0.2) is 11.9 Å². The molecule has 0 unspecified atom stereocenters. The number of hydrogen-bond donors (Lipinski definition) is 3. The molecule has 4 rings (SSSR count). The van der Waals surface area contributed by atoms with E-state index in [9.17, 15) is 18.6 Å². The van der Waals surface area contributed by atoms with Crippen LogP contribution in [0.2, 0.25) is 0 Å². The van der Waals surface area contributed by atoms with Crippen LogP contribution in [-0.2, 0) is 20.5 Å². The van der Waals surface area contributed by atoms with E-state index in [1.165, 1.54) is 31.5 Å². The Balaban J connectivity index is 1.54. The van der Waals surface area contributed by atoms with Gasteiger partial charge in [-0.05, 0) is 31.7 Å². The first-order valence-electron chi connectivity index (χ1n) is 9.16. The molecule has 10 nitrogen and oxygen atoms in total. The average molecular weight is 452 g/mol. The van der Waals surface area contributed by atoms with E-state index < -0.39 is 34.6 Å². The number of imidazole rings is 1. The highest BCUT2D eigenvalue weighted by Gasteiger charge is 2.42. The minimum absolute atomic E-state index is 0.202. The Labute approximate surface area is 177 Å². The lowest BCUT2D eigenvalue weighted by atomic mass is 10.1. The zero-order valence-electron chi connectivity index (χ0n) is 16.2. The molecule has 12 heteroatoms. The predicted octanol–water partition coefficient (Wildman–Crippen LogP) is 0.666. The van der Waals surface area contributed by atoms with Crippen LogP contribution in [0, 0.1) is 0 Å². The Kier molecular flexibility index (Phi) is 5.79. The van der Waals surface area contributed by atoms with E-state index in [-0.39, 0.29) is 4.90 Å². The molecule has 4 atom stereocenters. The van der Waals surface area contributed by atoms with Crippen LogP contribution in [0.4, 0.5) is 0 Å². The maximum Gasteiger partial charge on any atom is 0.240 e. The van der Waals surface area contributed by atoms with E-state index in [0.717, 1.165) is 5.56 Å². The number of ether oxygens (including phenoxy) is 1. The van der Waals surface area contributed by atoms with Crippen molar-refractivity contribution < 1.29 is 23.4 Å². The predicted molar refractivity (Wildman–Crippen MR) is 109 cm³/mol. The monoisotopic (exact) mass is 451 g/mol. The van der Waals surface area contributed by atoms with Gasteiger partial charge in [0.25, 0.3) is 0 Å². The van der Waals surface area contributed by atoms with Gasteiger partial charge in [0.1, 0.15) is 29.1 Å². The molecule has 0 spiro atoms. The molecular formula is C18H21N5O5S2. The molecule has 3 aromatic rings. The number of fused-ring (bicyclic) bond motifs is 1. The van der Waals surface area contributed by atoms with Crippen LogP contribution >= 0.6 is 11.8 Å². The first kappa shape index (κ1) is 21.2. The molecule has 0 aliphatic carbocycles. The Morgan fingerprint density at radius 1 is 1.17 bits per heavy atom. The lowest BCUT2D eigenvalue weighted by molar-refractivity contribution is -0.0299. The number of hydrogen-bond acceptors (Lipinski definition) is 9. The first-order valence-corrected chi connectivity index (χ1v) is 11.6. The van der Waals surface area contributed by atoms with E-state index in [1.54, 1.807) is 35.8 Å². The second-order valence-electron chi connectivity index (χ2n) is 6.86. The quantitative estimate of drug-likeness (QED) is 0.364. The van der Waals surface area contributed by atoms with Gasteiger partial charge in [0.2, 0.25) is 10.0 Å². The highest BCUT2D eigenvalue weighted by Crippen LogP contribution is 2.33. The lowest BCUT2D eigenvalue weighted by Crippen LogP contribution is -2.30. The molecule has 3 heterocycles. The SMILES string of the molecule is CNS(=O)(=O)c1ccc(CSc2ncnc3c2ncn3[C@@H]2O[C@H](C)[C@@H](O)[C@H]2O)cc1. The van der Waals surface area contributed by atoms with Crippen molar-refractivity contribution in [3.63, 3.8) is 0 Å². The Bertz CT molecular complexity index is 1150. The number of rotatable bonds is 6. The lowest BCUT2D eigenvalue weighted by Gasteiger charge is -2.16. The van der Waals surface area contributed by atoms with Crippen LogP contribution in [0.5, 0.6) is 0 Å². The summed E-state index contributed by atoms with van der Waals surface area (Å²) in [6, 6.07) is 6.61. The number of thioether (sulfide) groups is 1. The third-order valence-electron chi connectivity index (χ3n) is 4.95. The molecule has 30 heavy (non-hydrogen) atoms. The molecule has 1 aliphatic rings. The summed E-state index contributed by atoms with van der Waals surface area (Å²) in [7, 11) is -2.10. The minimum Gasteiger partial charge on any atom is -0.388 e. The number of aliphatic hydroxyl groups excluding tert-OH is 2. The number of nitrogens with one attached hydrogen (secondary N) is 1. The maximum atomic E-state index is 11.8. The van der Waals surface area contributed by atoms with Gasteiger partial charge in [-0.15, -0.1) is 0 Å². The van der Waals surface area contributed by atoms with Crippen molar-refractivity contribution >= 4 is 32.9 Å². The molecule has 0 radical (unpaired) electrons. The summed E-state index contributed by atoms with van der Waals surface area (Å²) in [4.78, 5) is 13.1. The van der Waals surface area contributed by atoms with Crippen molar-refractivity contribution in [3.05, 3.63) is 42.5 Å². The molecule has 1 fully saturated rings. The van der Waals surface area contributed by atoms with E-state index >= 15 is 0 Å². The Hall–Kier alpha value is -2.09. The molecule has 0 saturated carbocycles. The highest BCUT2D eigenvalue weighted by molar-refractivity contribution is 7.98. The molecule has 0 amide bonds. The summed E-state index contributed by atoms with van der Waals surface area (Å²) >= 11 is 1.44. The number of aromatic nitrogens is 4. The second kappa shape index (κ2) is 8.21. The van der Waals surface area contributed by atoms with E-state index in [0.29, 0.717) is 21.9 Å². The third kappa shape index (κ3) is 3.82. The summed E-state index contributed by atoms with van der Waals surface area (Å²) < 4.78 is 33.2. The zero-order chi connectivity index (χ0) is 21.5. The summed E-state index contributed by atoms with van der Waals surface area (Å²) in [5.74, 6) is 0.553. The zero-order valence-corrected chi connectivity index (χ0v) is 17.8.